The van der Waals surface area contributed by atoms with Crippen molar-refractivity contribution in [2.75, 3.05) is 23.8 Å². The van der Waals surface area contributed by atoms with Crippen LogP contribution in [0.25, 0.3) is 0 Å². The van der Waals surface area contributed by atoms with Gasteiger partial charge in [-0.1, -0.05) is 25.0 Å². The fourth-order valence-corrected chi connectivity index (χ4v) is 2.40. The van der Waals surface area contributed by atoms with Crippen LogP contribution in [0.4, 0.5) is 11.4 Å². The average molecular weight is 363 g/mol. The minimum absolute atomic E-state index is 0.150. The molecule has 0 aromatic heterocycles. The van der Waals surface area contributed by atoms with Gasteiger partial charge in [0.25, 0.3) is 5.91 Å². The van der Waals surface area contributed by atoms with Crippen molar-refractivity contribution in [2.24, 2.45) is 0 Å². The first kappa shape index (κ1) is 19.7. The molecular formula is C21H21N3O3. The molecule has 0 bridgehead atoms. The maximum atomic E-state index is 13.1. The Balaban J connectivity index is 2.39. The number of rotatable bonds is 6. The molecule has 0 atom stereocenters. The van der Waals surface area contributed by atoms with Crippen LogP contribution >= 0.6 is 0 Å². The van der Waals surface area contributed by atoms with E-state index in [-0.39, 0.29) is 24.3 Å². The van der Waals surface area contributed by atoms with Gasteiger partial charge in [-0.2, -0.15) is 0 Å². The summed E-state index contributed by atoms with van der Waals surface area (Å²) in [5, 5.41) is 5.24. The molecule has 0 heterocycles. The van der Waals surface area contributed by atoms with Gasteiger partial charge in [-0.05, 0) is 36.4 Å². The monoisotopic (exact) mass is 363 g/mol. The normalized spacial score (nSPS) is 9.81. The smallest absolute Gasteiger partial charge is 0.258 e. The van der Waals surface area contributed by atoms with Gasteiger partial charge in [0.05, 0.1) is 0 Å². The van der Waals surface area contributed by atoms with E-state index in [1.165, 1.54) is 11.9 Å². The third-order valence-electron chi connectivity index (χ3n) is 3.86. The molecule has 0 aliphatic rings. The van der Waals surface area contributed by atoms with E-state index in [1.54, 1.807) is 55.5 Å². The van der Waals surface area contributed by atoms with E-state index in [9.17, 15) is 14.4 Å². The van der Waals surface area contributed by atoms with E-state index < -0.39 is 0 Å². The van der Waals surface area contributed by atoms with Crippen LogP contribution in [0, 0.1) is 12.3 Å². The second kappa shape index (κ2) is 9.20. The van der Waals surface area contributed by atoms with E-state index in [4.69, 9.17) is 6.42 Å². The van der Waals surface area contributed by atoms with Crippen molar-refractivity contribution in [3.05, 3.63) is 59.7 Å². The number of nitrogens with one attached hydrogen (secondary N) is 2. The number of hydrogen-bond acceptors (Lipinski definition) is 3. The molecular weight excluding hydrogens is 342 g/mol. The summed E-state index contributed by atoms with van der Waals surface area (Å²) in [6.45, 7) is 1.59. The summed E-state index contributed by atoms with van der Waals surface area (Å²) in [6, 6.07) is 13.4. The molecule has 2 aromatic carbocycles. The third kappa shape index (κ3) is 5.19. The first-order chi connectivity index (χ1) is 13.0. The predicted octanol–water partition coefficient (Wildman–Crippen LogP) is 2.41. The molecule has 2 aromatic rings. The molecule has 0 spiro atoms. The maximum Gasteiger partial charge on any atom is 0.258 e. The molecule has 3 amide bonds. The summed E-state index contributed by atoms with van der Waals surface area (Å²) in [7, 11) is 1.50. The van der Waals surface area contributed by atoms with E-state index in [0.29, 0.717) is 28.9 Å². The van der Waals surface area contributed by atoms with E-state index >= 15 is 0 Å². The number of carbonyl (C=O) groups is 3. The average Bonchev–Trinajstić information content (AvgIpc) is 2.71. The highest BCUT2D eigenvalue weighted by Crippen LogP contribution is 2.20. The number of hydrogen-bond donors (Lipinski definition) is 2. The molecule has 0 saturated carbocycles. The zero-order valence-electron chi connectivity index (χ0n) is 15.3. The fourth-order valence-electron chi connectivity index (χ4n) is 2.40. The first-order valence-corrected chi connectivity index (χ1v) is 8.47. The van der Waals surface area contributed by atoms with Crippen LogP contribution in [0.3, 0.4) is 0 Å². The minimum Gasteiger partial charge on any atom is -0.358 e. The van der Waals surface area contributed by atoms with Crippen molar-refractivity contribution >= 4 is 29.1 Å². The predicted molar refractivity (Wildman–Crippen MR) is 105 cm³/mol. The van der Waals surface area contributed by atoms with Crippen LogP contribution in [0.15, 0.2) is 48.5 Å². The van der Waals surface area contributed by atoms with E-state index in [1.807, 2.05) is 0 Å². The molecule has 0 radical (unpaired) electrons. The van der Waals surface area contributed by atoms with Gasteiger partial charge in [0.1, 0.15) is 6.54 Å². The summed E-state index contributed by atoms with van der Waals surface area (Å²) in [5.41, 5.74) is 1.98. The molecule has 0 fully saturated rings. The van der Waals surface area contributed by atoms with Crippen LogP contribution in [0.1, 0.15) is 29.3 Å². The second-order valence-electron chi connectivity index (χ2n) is 5.74. The summed E-state index contributed by atoms with van der Waals surface area (Å²) in [6.07, 6.45) is 5.77. The van der Waals surface area contributed by atoms with Crippen LogP contribution in [0.5, 0.6) is 0 Å². The lowest BCUT2D eigenvalue weighted by atomic mass is 10.1. The van der Waals surface area contributed by atoms with Crippen molar-refractivity contribution in [3.8, 4) is 12.3 Å². The highest BCUT2D eigenvalue weighted by atomic mass is 16.2. The summed E-state index contributed by atoms with van der Waals surface area (Å²) in [5.74, 6) is 1.68. The lowest BCUT2D eigenvalue weighted by Crippen LogP contribution is -2.39. The number of anilines is 2. The molecule has 0 saturated heterocycles. The van der Waals surface area contributed by atoms with Gasteiger partial charge in [0.15, 0.2) is 0 Å². The topological polar surface area (TPSA) is 78.5 Å². The van der Waals surface area contributed by atoms with Crippen LogP contribution in [-0.4, -0.2) is 31.3 Å². The van der Waals surface area contributed by atoms with E-state index in [0.717, 1.165) is 0 Å². The number of likely N-dealkylation sites (N-methyl/N-ethyl adjacent to an activating group) is 1. The van der Waals surface area contributed by atoms with Crippen molar-refractivity contribution in [3.63, 3.8) is 0 Å². The lowest BCUT2D eigenvalue weighted by Gasteiger charge is -2.22. The molecule has 2 N–H and O–H groups in total. The van der Waals surface area contributed by atoms with Crippen LogP contribution in [-0.2, 0) is 9.59 Å². The first-order valence-electron chi connectivity index (χ1n) is 8.47. The highest BCUT2D eigenvalue weighted by molar-refractivity contribution is 6.09. The van der Waals surface area contributed by atoms with Crippen molar-refractivity contribution < 1.29 is 14.4 Å². The fraction of sp³-hybridized carbons (Fsp3) is 0.190. The molecule has 0 unspecified atom stereocenters. The van der Waals surface area contributed by atoms with Gasteiger partial charge < -0.3 is 10.6 Å². The van der Waals surface area contributed by atoms with Crippen molar-refractivity contribution in [1.29, 1.82) is 0 Å². The van der Waals surface area contributed by atoms with Gasteiger partial charge in [0.2, 0.25) is 11.8 Å². The molecule has 6 nitrogen and oxygen atoms in total. The molecule has 2 rings (SSSR count). The Morgan fingerprint density at radius 2 is 1.81 bits per heavy atom. The molecule has 138 valence electrons. The van der Waals surface area contributed by atoms with Crippen molar-refractivity contribution in [2.45, 2.75) is 13.3 Å². The van der Waals surface area contributed by atoms with Crippen molar-refractivity contribution in [1.82, 2.24) is 5.32 Å². The van der Waals surface area contributed by atoms with E-state index in [2.05, 4.69) is 16.6 Å². The Bertz CT molecular complexity index is 900. The van der Waals surface area contributed by atoms with Gasteiger partial charge in [-0.15, -0.1) is 6.42 Å². The van der Waals surface area contributed by atoms with Crippen LogP contribution in [0.2, 0.25) is 0 Å². The largest absolute Gasteiger partial charge is 0.358 e. The second-order valence-corrected chi connectivity index (χ2v) is 5.74. The lowest BCUT2D eigenvalue weighted by molar-refractivity contribution is -0.119. The Hall–Kier alpha value is -3.59. The Kier molecular flexibility index (Phi) is 6.73. The Morgan fingerprint density at radius 3 is 2.48 bits per heavy atom. The standard InChI is InChI=1S/C21H21N3O3/c1-4-15-8-6-11-18(12-15)24(14-20(26)22-3)21(27)16-9-7-10-17(13-16)23-19(25)5-2/h1,6-13H,5,14H2,2-3H3,(H,22,26)(H,23,25). The number of carbonyl (C=O) groups excluding carboxylic acids is 3. The molecule has 6 heteroatoms. The minimum atomic E-state index is -0.375. The maximum absolute atomic E-state index is 13.1. The zero-order valence-corrected chi connectivity index (χ0v) is 15.3. The molecule has 0 aliphatic carbocycles. The van der Waals surface area contributed by atoms with Crippen LogP contribution < -0.4 is 15.5 Å². The number of nitrogens with zero attached hydrogens (tertiary/aromatic N) is 1. The SMILES string of the molecule is C#Cc1cccc(N(CC(=O)NC)C(=O)c2cccc(NC(=O)CC)c2)c1. The van der Waals surface area contributed by atoms with Gasteiger partial charge in [-0.25, -0.2) is 0 Å². The Labute approximate surface area is 158 Å². The molecule has 0 aliphatic heterocycles. The van der Waals surface area contributed by atoms with Gasteiger partial charge >= 0.3 is 0 Å². The highest BCUT2D eigenvalue weighted by Gasteiger charge is 2.21. The summed E-state index contributed by atoms with van der Waals surface area (Å²) in [4.78, 5) is 38.0. The Morgan fingerprint density at radius 1 is 1.07 bits per heavy atom. The number of terminal acetylenes is 1. The zero-order chi connectivity index (χ0) is 19.8. The third-order valence-corrected chi connectivity index (χ3v) is 3.86. The molecule has 27 heavy (non-hydrogen) atoms. The van der Waals surface area contributed by atoms with Gasteiger partial charge in [0, 0.05) is 36.0 Å². The summed E-state index contributed by atoms with van der Waals surface area (Å²) >= 11 is 0. The number of amides is 3. The van der Waals surface area contributed by atoms with Gasteiger partial charge in [-0.3, -0.25) is 19.3 Å². The quantitative estimate of drug-likeness (QED) is 0.774. The number of benzene rings is 2. The summed E-state index contributed by atoms with van der Waals surface area (Å²) < 4.78 is 0.